The van der Waals surface area contributed by atoms with Crippen LogP contribution in [0.1, 0.15) is 0 Å². The molecule has 0 saturated heterocycles. The van der Waals surface area contributed by atoms with E-state index < -0.39 is 0 Å². The summed E-state index contributed by atoms with van der Waals surface area (Å²) in [5.74, 6) is 0.834. The highest BCUT2D eigenvalue weighted by atomic mass is 35.5. The molecule has 0 unspecified atom stereocenters. The van der Waals surface area contributed by atoms with E-state index in [-0.39, 0.29) is 0 Å². The fourth-order valence-corrected chi connectivity index (χ4v) is 2.41. The summed E-state index contributed by atoms with van der Waals surface area (Å²) in [4.78, 5) is 7.88. The maximum atomic E-state index is 6.06. The monoisotopic (exact) mass is 268 g/mol. The van der Waals surface area contributed by atoms with Gasteiger partial charge in [0.15, 0.2) is 0 Å². The predicted molar refractivity (Wildman–Crippen MR) is 76.2 cm³/mol. The molecule has 0 aliphatic carbocycles. The van der Waals surface area contributed by atoms with Gasteiger partial charge in [-0.2, -0.15) is 5.10 Å². The number of hydrogen-bond donors (Lipinski definition) is 2. The van der Waals surface area contributed by atoms with Crippen molar-refractivity contribution in [1.82, 2.24) is 20.2 Å². The van der Waals surface area contributed by atoms with Gasteiger partial charge in [-0.3, -0.25) is 5.10 Å². The number of hydrogen-bond acceptors (Lipinski definition) is 2. The molecule has 2 aromatic heterocycles. The van der Waals surface area contributed by atoms with Crippen LogP contribution in [0.15, 0.2) is 42.5 Å². The van der Waals surface area contributed by atoms with E-state index in [0.29, 0.717) is 5.15 Å². The van der Waals surface area contributed by atoms with Crippen LogP contribution in [0.5, 0.6) is 0 Å². The smallest absolute Gasteiger partial charge is 0.138 e. The molecule has 92 valence electrons. The first-order valence-electron chi connectivity index (χ1n) is 5.90. The van der Waals surface area contributed by atoms with E-state index in [1.165, 1.54) is 0 Å². The summed E-state index contributed by atoms with van der Waals surface area (Å²) in [6.45, 7) is 0. The first-order chi connectivity index (χ1) is 9.31. The Bertz CT molecular complexity index is 858. The molecular formula is C14H9ClN4. The molecule has 0 bridgehead atoms. The molecule has 19 heavy (non-hydrogen) atoms. The van der Waals surface area contributed by atoms with E-state index in [0.717, 1.165) is 33.3 Å². The summed E-state index contributed by atoms with van der Waals surface area (Å²) >= 11 is 6.06. The van der Waals surface area contributed by atoms with Crippen LogP contribution in [0.4, 0.5) is 0 Å². The molecule has 0 aliphatic rings. The maximum absolute atomic E-state index is 6.06. The van der Waals surface area contributed by atoms with Gasteiger partial charge >= 0.3 is 0 Å². The first kappa shape index (κ1) is 10.6. The van der Waals surface area contributed by atoms with Crippen LogP contribution >= 0.6 is 11.6 Å². The van der Waals surface area contributed by atoms with Crippen molar-refractivity contribution in [2.45, 2.75) is 0 Å². The topological polar surface area (TPSA) is 57.4 Å². The third-order valence-electron chi connectivity index (χ3n) is 3.17. The van der Waals surface area contributed by atoms with Gasteiger partial charge in [-0.05, 0) is 30.3 Å². The molecule has 0 atom stereocenters. The number of H-pyrrole nitrogens is 2. The Morgan fingerprint density at radius 3 is 2.79 bits per heavy atom. The zero-order valence-corrected chi connectivity index (χ0v) is 10.6. The molecule has 4 aromatic rings. The number of nitrogens with one attached hydrogen (secondary N) is 2. The Morgan fingerprint density at radius 1 is 1.00 bits per heavy atom. The zero-order valence-electron chi connectivity index (χ0n) is 9.81. The fourth-order valence-electron chi connectivity index (χ4n) is 2.22. The van der Waals surface area contributed by atoms with Gasteiger partial charge in [-0.1, -0.05) is 23.7 Å². The molecule has 2 aromatic carbocycles. The third-order valence-corrected chi connectivity index (χ3v) is 3.46. The average molecular weight is 269 g/mol. The number of benzene rings is 2. The van der Waals surface area contributed by atoms with Gasteiger partial charge in [0.05, 0.1) is 16.6 Å². The SMILES string of the molecule is Clc1[nH]nc2ccc(-c3nc4ccccc4[nH]3)cc12. The molecule has 5 heteroatoms. The van der Waals surface area contributed by atoms with E-state index in [9.17, 15) is 0 Å². The van der Waals surface area contributed by atoms with Gasteiger partial charge in [-0.15, -0.1) is 0 Å². The van der Waals surface area contributed by atoms with Crippen LogP contribution in [0.25, 0.3) is 33.3 Å². The lowest BCUT2D eigenvalue weighted by Gasteiger charge is -1.96. The van der Waals surface area contributed by atoms with E-state index in [1.807, 2.05) is 42.5 Å². The Labute approximate surface area is 113 Å². The highest BCUT2D eigenvalue weighted by molar-refractivity contribution is 6.34. The predicted octanol–water partition coefficient (Wildman–Crippen LogP) is 3.76. The molecule has 0 saturated carbocycles. The van der Waals surface area contributed by atoms with Gasteiger partial charge in [0.25, 0.3) is 0 Å². The van der Waals surface area contributed by atoms with Crippen molar-refractivity contribution < 1.29 is 0 Å². The second kappa shape index (κ2) is 3.83. The van der Waals surface area contributed by atoms with Crippen LogP contribution in [0, 0.1) is 0 Å². The van der Waals surface area contributed by atoms with Gasteiger partial charge < -0.3 is 4.98 Å². The van der Waals surface area contributed by atoms with Crippen LogP contribution in [-0.4, -0.2) is 20.2 Å². The van der Waals surface area contributed by atoms with E-state index in [2.05, 4.69) is 20.2 Å². The molecular weight excluding hydrogens is 260 g/mol. The van der Waals surface area contributed by atoms with E-state index in [1.54, 1.807) is 0 Å². The van der Waals surface area contributed by atoms with Crippen molar-refractivity contribution in [3.05, 3.63) is 47.6 Å². The summed E-state index contributed by atoms with van der Waals surface area (Å²) < 4.78 is 0. The van der Waals surface area contributed by atoms with Gasteiger partial charge in [0.1, 0.15) is 11.0 Å². The van der Waals surface area contributed by atoms with Crippen LogP contribution < -0.4 is 0 Å². The van der Waals surface area contributed by atoms with Crippen molar-refractivity contribution in [3.8, 4) is 11.4 Å². The standard InChI is InChI=1S/C14H9ClN4/c15-13-9-7-8(5-6-10(9)18-19-13)14-16-11-3-1-2-4-12(11)17-14/h1-7H,(H,16,17)(H,18,19). The van der Waals surface area contributed by atoms with Crippen LogP contribution in [-0.2, 0) is 0 Å². The lowest BCUT2D eigenvalue weighted by Crippen LogP contribution is -1.80. The number of imidazole rings is 1. The zero-order chi connectivity index (χ0) is 12.8. The van der Waals surface area contributed by atoms with Crippen LogP contribution in [0.3, 0.4) is 0 Å². The number of para-hydroxylation sites is 2. The second-order valence-corrected chi connectivity index (χ2v) is 4.75. The molecule has 0 radical (unpaired) electrons. The van der Waals surface area contributed by atoms with Gasteiger partial charge in [0.2, 0.25) is 0 Å². The highest BCUT2D eigenvalue weighted by Gasteiger charge is 2.08. The molecule has 2 heterocycles. The number of aromatic nitrogens is 4. The largest absolute Gasteiger partial charge is 0.338 e. The normalized spacial score (nSPS) is 11.4. The Morgan fingerprint density at radius 2 is 1.89 bits per heavy atom. The molecule has 4 nitrogen and oxygen atoms in total. The van der Waals surface area contributed by atoms with Crippen molar-refractivity contribution in [2.24, 2.45) is 0 Å². The van der Waals surface area contributed by atoms with Crippen LogP contribution in [0.2, 0.25) is 5.15 Å². The maximum Gasteiger partial charge on any atom is 0.138 e. The second-order valence-electron chi connectivity index (χ2n) is 4.37. The minimum Gasteiger partial charge on any atom is -0.338 e. The van der Waals surface area contributed by atoms with Crippen molar-refractivity contribution in [2.75, 3.05) is 0 Å². The fraction of sp³-hybridized carbons (Fsp3) is 0. The third kappa shape index (κ3) is 1.61. The molecule has 0 fully saturated rings. The lowest BCUT2D eigenvalue weighted by molar-refractivity contribution is 1.12. The van der Waals surface area contributed by atoms with Gasteiger partial charge in [0, 0.05) is 10.9 Å². The number of rotatable bonds is 1. The summed E-state index contributed by atoms with van der Waals surface area (Å²) in [7, 11) is 0. The number of aromatic amines is 2. The van der Waals surface area contributed by atoms with E-state index >= 15 is 0 Å². The summed E-state index contributed by atoms with van der Waals surface area (Å²) in [6, 6.07) is 13.9. The van der Waals surface area contributed by atoms with Crippen molar-refractivity contribution in [3.63, 3.8) is 0 Å². The molecule has 4 rings (SSSR count). The Kier molecular flexibility index (Phi) is 2.13. The Hall–Kier alpha value is -2.33. The summed E-state index contributed by atoms with van der Waals surface area (Å²) in [6.07, 6.45) is 0. The number of halogens is 1. The van der Waals surface area contributed by atoms with Crippen molar-refractivity contribution in [1.29, 1.82) is 0 Å². The molecule has 2 N–H and O–H groups in total. The number of nitrogens with zero attached hydrogens (tertiary/aromatic N) is 2. The summed E-state index contributed by atoms with van der Waals surface area (Å²) in [5, 5.41) is 8.33. The number of fused-ring (bicyclic) bond motifs is 2. The lowest BCUT2D eigenvalue weighted by atomic mass is 10.1. The van der Waals surface area contributed by atoms with E-state index in [4.69, 9.17) is 11.6 Å². The first-order valence-corrected chi connectivity index (χ1v) is 6.28. The minimum absolute atomic E-state index is 0.549. The highest BCUT2D eigenvalue weighted by Crippen LogP contribution is 2.27. The molecule has 0 amide bonds. The minimum atomic E-state index is 0.549. The molecule has 0 spiro atoms. The van der Waals surface area contributed by atoms with Crippen molar-refractivity contribution >= 4 is 33.5 Å². The average Bonchev–Trinajstić information content (AvgIpc) is 3.02. The summed E-state index contributed by atoms with van der Waals surface area (Å²) in [5.41, 5.74) is 3.82. The molecule has 0 aliphatic heterocycles. The quantitative estimate of drug-likeness (QED) is 0.552. The van der Waals surface area contributed by atoms with Gasteiger partial charge in [-0.25, -0.2) is 4.98 Å². The Balaban J connectivity index is 1.95.